The van der Waals surface area contributed by atoms with Gasteiger partial charge in [0.05, 0.1) is 17.7 Å². The summed E-state index contributed by atoms with van der Waals surface area (Å²) < 4.78 is 0. The molecule has 106 valence electrons. The van der Waals surface area contributed by atoms with Crippen molar-refractivity contribution in [3.8, 4) is 0 Å². The minimum absolute atomic E-state index is 0.0347. The van der Waals surface area contributed by atoms with Gasteiger partial charge in [-0.05, 0) is 31.3 Å². The van der Waals surface area contributed by atoms with Crippen molar-refractivity contribution in [3.05, 3.63) is 40.8 Å². The van der Waals surface area contributed by atoms with Crippen LogP contribution in [0.15, 0.2) is 35.2 Å². The first-order valence-electron chi connectivity index (χ1n) is 6.24. The van der Waals surface area contributed by atoms with Crippen molar-refractivity contribution < 1.29 is 4.79 Å². The lowest BCUT2D eigenvalue weighted by atomic mass is 10.2. The molecule has 0 spiro atoms. The number of carbonyl (C=O) groups is 1. The normalized spacial score (nSPS) is 10.8. The first-order chi connectivity index (χ1) is 9.56. The van der Waals surface area contributed by atoms with Gasteiger partial charge in [0.1, 0.15) is 0 Å². The van der Waals surface area contributed by atoms with E-state index in [1.165, 1.54) is 0 Å². The number of anilines is 2. The number of rotatable bonds is 5. The van der Waals surface area contributed by atoms with Gasteiger partial charge in [0.2, 0.25) is 5.91 Å². The zero-order valence-corrected chi connectivity index (χ0v) is 12.4. The lowest BCUT2D eigenvalue weighted by molar-refractivity contribution is -0.119. The molecule has 0 aliphatic carbocycles. The highest BCUT2D eigenvalue weighted by Crippen LogP contribution is 2.15. The number of nitrogens with zero attached hydrogens (tertiary/aromatic N) is 3. The first-order valence-corrected chi connectivity index (χ1v) is 7.18. The first kappa shape index (κ1) is 14.5. The molecule has 0 aliphatic rings. The highest BCUT2D eigenvalue weighted by atomic mass is 32.1. The van der Waals surface area contributed by atoms with Crippen molar-refractivity contribution in [2.75, 3.05) is 31.3 Å². The zero-order chi connectivity index (χ0) is 14.5. The molecule has 2 rings (SSSR count). The lowest BCUT2D eigenvalue weighted by Gasteiger charge is -2.21. The van der Waals surface area contributed by atoms with Crippen LogP contribution in [0.3, 0.4) is 0 Å². The van der Waals surface area contributed by atoms with Crippen molar-refractivity contribution in [1.82, 2.24) is 9.88 Å². The third-order valence-electron chi connectivity index (χ3n) is 2.98. The maximum atomic E-state index is 12.2. The van der Waals surface area contributed by atoms with Gasteiger partial charge in [-0.25, -0.2) is 4.98 Å². The van der Waals surface area contributed by atoms with E-state index in [2.05, 4.69) is 4.98 Å². The van der Waals surface area contributed by atoms with Crippen LogP contribution in [0.1, 0.15) is 5.69 Å². The summed E-state index contributed by atoms with van der Waals surface area (Å²) in [6.45, 7) is 1.02. The van der Waals surface area contributed by atoms with Crippen molar-refractivity contribution in [3.63, 3.8) is 0 Å². The Morgan fingerprint density at radius 3 is 2.60 bits per heavy atom. The fourth-order valence-corrected chi connectivity index (χ4v) is 2.38. The molecule has 2 aromatic rings. The Morgan fingerprint density at radius 1 is 1.30 bits per heavy atom. The maximum Gasteiger partial charge on any atom is 0.240 e. The molecule has 0 radical (unpaired) electrons. The summed E-state index contributed by atoms with van der Waals surface area (Å²) >= 11 is 1.56. The Balaban J connectivity index is 1.92. The Kier molecular flexibility index (Phi) is 4.70. The van der Waals surface area contributed by atoms with E-state index in [4.69, 9.17) is 5.73 Å². The second-order valence-corrected chi connectivity index (χ2v) is 5.42. The molecule has 1 aromatic heterocycles. The summed E-state index contributed by atoms with van der Waals surface area (Å²) in [4.78, 5) is 20.0. The molecule has 0 fully saturated rings. The number of thiazole rings is 1. The largest absolute Gasteiger partial charge is 0.399 e. The van der Waals surface area contributed by atoms with Crippen LogP contribution in [-0.4, -0.2) is 36.4 Å². The lowest BCUT2D eigenvalue weighted by Crippen LogP contribution is -2.36. The van der Waals surface area contributed by atoms with Gasteiger partial charge in [-0.15, -0.1) is 11.3 Å². The van der Waals surface area contributed by atoms with Crippen molar-refractivity contribution in [2.45, 2.75) is 6.54 Å². The molecule has 0 saturated carbocycles. The van der Waals surface area contributed by atoms with E-state index >= 15 is 0 Å². The number of benzene rings is 1. The Labute approximate surface area is 122 Å². The van der Waals surface area contributed by atoms with E-state index in [-0.39, 0.29) is 5.91 Å². The van der Waals surface area contributed by atoms with Crippen molar-refractivity contribution >= 4 is 28.6 Å². The van der Waals surface area contributed by atoms with Crippen LogP contribution >= 0.6 is 11.3 Å². The average molecular weight is 290 g/mol. The fraction of sp³-hybridized carbons (Fsp3) is 0.286. The van der Waals surface area contributed by atoms with E-state index in [1.807, 2.05) is 29.5 Å². The number of aromatic nitrogens is 1. The summed E-state index contributed by atoms with van der Waals surface area (Å²) in [6, 6.07) is 7.26. The standard InChI is InChI=1S/C14H18N4OS/c1-17(7-12-9-20-10-16-12)8-14(19)18(2)13-5-3-11(15)4-6-13/h3-6,9-10H,7-8,15H2,1-2H3. The summed E-state index contributed by atoms with van der Waals surface area (Å²) in [7, 11) is 3.68. The monoisotopic (exact) mass is 290 g/mol. The second-order valence-electron chi connectivity index (χ2n) is 4.70. The second kappa shape index (κ2) is 6.49. The fourth-order valence-electron chi connectivity index (χ4n) is 1.83. The third kappa shape index (κ3) is 3.79. The molecular formula is C14H18N4OS. The smallest absolute Gasteiger partial charge is 0.240 e. The third-order valence-corrected chi connectivity index (χ3v) is 3.61. The van der Waals surface area contributed by atoms with E-state index in [1.54, 1.807) is 40.9 Å². The number of hydrogen-bond donors (Lipinski definition) is 1. The highest BCUT2D eigenvalue weighted by molar-refractivity contribution is 7.07. The molecule has 0 atom stereocenters. The molecule has 0 aliphatic heterocycles. The number of nitrogen functional groups attached to an aromatic ring is 1. The van der Waals surface area contributed by atoms with E-state index in [0.29, 0.717) is 18.8 Å². The van der Waals surface area contributed by atoms with Crippen LogP contribution < -0.4 is 10.6 Å². The molecule has 0 unspecified atom stereocenters. The maximum absolute atomic E-state index is 12.2. The van der Waals surface area contributed by atoms with Crippen LogP contribution in [0.25, 0.3) is 0 Å². The van der Waals surface area contributed by atoms with Crippen molar-refractivity contribution in [1.29, 1.82) is 0 Å². The molecular weight excluding hydrogens is 272 g/mol. The molecule has 0 bridgehead atoms. The molecule has 2 N–H and O–H groups in total. The van der Waals surface area contributed by atoms with Crippen LogP contribution in [0, 0.1) is 0 Å². The molecule has 20 heavy (non-hydrogen) atoms. The molecule has 0 saturated heterocycles. The predicted molar refractivity (Wildman–Crippen MR) is 82.7 cm³/mol. The quantitative estimate of drug-likeness (QED) is 0.853. The predicted octanol–water partition coefficient (Wildman–Crippen LogP) is 1.82. The van der Waals surface area contributed by atoms with E-state index in [9.17, 15) is 4.79 Å². The number of amides is 1. The van der Waals surface area contributed by atoms with Crippen molar-refractivity contribution in [2.24, 2.45) is 0 Å². The molecule has 6 heteroatoms. The van der Waals surface area contributed by atoms with Crippen LogP contribution in [0.5, 0.6) is 0 Å². The SMILES string of the molecule is CN(CC(=O)N(C)c1ccc(N)cc1)Cc1cscn1. The van der Waals surface area contributed by atoms with Crippen LogP contribution in [-0.2, 0) is 11.3 Å². The summed E-state index contributed by atoms with van der Waals surface area (Å²) in [5.41, 5.74) is 9.95. The van der Waals surface area contributed by atoms with E-state index < -0.39 is 0 Å². The van der Waals surface area contributed by atoms with Gasteiger partial charge in [-0.3, -0.25) is 9.69 Å². The number of hydrogen-bond acceptors (Lipinski definition) is 5. The number of nitrogens with two attached hydrogens (primary N) is 1. The Hall–Kier alpha value is -1.92. The van der Waals surface area contributed by atoms with E-state index in [0.717, 1.165) is 11.4 Å². The van der Waals surface area contributed by atoms with Gasteiger partial charge >= 0.3 is 0 Å². The highest BCUT2D eigenvalue weighted by Gasteiger charge is 2.14. The van der Waals surface area contributed by atoms with Crippen LogP contribution in [0.2, 0.25) is 0 Å². The number of likely N-dealkylation sites (N-methyl/N-ethyl adjacent to an activating group) is 2. The van der Waals surface area contributed by atoms with Gasteiger partial charge in [-0.1, -0.05) is 0 Å². The molecule has 1 heterocycles. The molecule has 1 aromatic carbocycles. The summed E-state index contributed by atoms with van der Waals surface area (Å²) in [6.07, 6.45) is 0. The van der Waals surface area contributed by atoms with Crippen LogP contribution in [0.4, 0.5) is 11.4 Å². The van der Waals surface area contributed by atoms with Gasteiger partial charge < -0.3 is 10.6 Å². The molecule has 1 amide bonds. The summed E-state index contributed by atoms with van der Waals surface area (Å²) in [5.74, 6) is 0.0347. The minimum atomic E-state index is 0.0347. The number of carbonyl (C=O) groups excluding carboxylic acids is 1. The van der Waals surface area contributed by atoms with Gasteiger partial charge in [-0.2, -0.15) is 0 Å². The van der Waals surface area contributed by atoms with Gasteiger partial charge in [0, 0.05) is 30.3 Å². The topological polar surface area (TPSA) is 62.5 Å². The van der Waals surface area contributed by atoms with Gasteiger partial charge in [0.25, 0.3) is 0 Å². The van der Waals surface area contributed by atoms with Gasteiger partial charge in [0.15, 0.2) is 0 Å². The average Bonchev–Trinajstić information content (AvgIpc) is 2.91. The Bertz CT molecular complexity index is 553. The molecule has 5 nitrogen and oxygen atoms in total. The zero-order valence-electron chi connectivity index (χ0n) is 11.6. The minimum Gasteiger partial charge on any atom is -0.399 e. The summed E-state index contributed by atoms with van der Waals surface area (Å²) in [5, 5.41) is 1.99. The Morgan fingerprint density at radius 2 is 2.00 bits per heavy atom.